The molecule has 114 valence electrons. The summed E-state index contributed by atoms with van der Waals surface area (Å²) in [6, 6.07) is 5.63. The first-order valence-electron chi connectivity index (χ1n) is 7.42. The van der Waals surface area contributed by atoms with Gasteiger partial charge in [-0.05, 0) is 59.1 Å². The van der Waals surface area contributed by atoms with Crippen LogP contribution in [-0.2, 0) is 9.31 Å². The predicted molar refractivity (Wildman–Crippen MR) is 84.9 cm³/mol. The Kier molecular flexibility index (Phi) is 4.18. The van der Waals surface area contributed by atoms with Crippen molar-refractivity contribution in [3.8, 4) is 0 Å². The van der Waals surface area contributed by atoms with E-state index in [0.717, 1.165) is 11.0 Å². The molecule has 1 amide bonds. The van der Waals surface area contributed by atoms with Crippen LogP contribution in [0.1, 0.15) is 50.5 Å². The summed E-state index contributed by atoms with van der Waals surface area (Å²) in [6.45, 7) is 12.6. The highest BCUT2D eigenvalue weighted by molar-refractivity contribution is 6.62. The van der Waals surface area contributed by atoms with Gasteiger partial charge >= 0.3 is 7.12 Å². The molecule has 1 aliphatic rings. The molecule has 4 nitrogen and oxygen atoms in total. The molecule has 0 aliphatic carbocycles. The lowest BCUT2D eigenvalue weighted by Gasteiger charge is -2.32. The van der Waals surface area contributed by atoms with Crippen molar-refractivity contribution in [1.82, 2.24) is 5.32 Å². The van der Waals surface area contributed by atoms with Crippen LogP contribution >= 0.6 is 0 Å². The summed E-state index contributed by atoms with van der Waals surface area (Å²) in [5, 5.41) is 2.81. The molecule has 0 aromatic heterocycles. The summed E-state index contributed by atoms with van der Waals surface area (Å²) in [5.74, 6) is -0.0738. The SMILES string of the molecule is CCNC(=O)c1ccc(C)c(B2OC(C)(C)C(C)(C)O2)c1. The highest BCUT2D eigenvalue weighted by atomic mass is 16.7. The van der Waals surface area contributed by atoms with Crippen molar-refractivity contribution in [1.29, 1.82) is 0 Å². The zero-order valence-corrected chi connectivity index (χ0v) is 13.7. The number of nitrogens with one attached hydrogen (secondary N) is 1. The Hall–Kier alpha value is -1.33. The topological polar surface area (TPSA) is 47.6 Å². The highest BCUT2D eigenvalue weighted by Crippen LogP contribution is 2.36. The number of hydrogen-bond donors (Lipinski definition) is 1. The van der Waals surface area contributed by atoms with E-state index >= 15 is 0 Å². The molecule has 1 fully saturated rings. The Labute approximate surface area is 127 Å². The van der Waals surface area contributed by atoms with Crippen LogP contribution in [0.2, 0.25) is 0 Å². The van der Waals surface area contributed by atoms with Crippen molar-refractivity contribution in [2.75, 3.05) is 6.54 Å². The molecule has 0 spiro atoms. The van der Waals surface area contributed by atoms with Gasteiger partial charge in [0, 0.05) is 12.1 Å². The van der Waals surface area contributed by atoms with E-state index in [9.17, 15) is 4.79 Å². The van der Waals surface area contributed by atoms with Crippen LogP contribution in [0, 0.1) is 6.92 Å². The Morgan fingerprint density at radius 2 is 1.76 bits per heavy atom. The molecule has 5 heteroatoms. The van der Waals surface area contributed by atoms with Gasteiger partial charge in [0.2, 0.25) is 0 Å². The minimum absolute atomic E-state index is 0.0738. The van der Waals surface area contributed by atoms with Crippen LogP contribution in [0.25, 0.3) is 0 Å². The average Bonchev–Trinajstić information content (AvgIpc) is 2.59. The van der Waals surface area contributed by atoms with E-state index in [1.54, 1.807) is 0 Å². The summed E-state index contributed by atoms with van der Waals surface area (Å²) in [6.07, 6.45) is 0. The molecule has 1 saturated heterocycles. The lowest BCUT2D eigenvalue weighted by atomic mass is 9.75. The Bertz CT molecular complexity index is 538. The van der Waals surface area contributed by atoms with E-state index in [0.29, 0.717) is 12.1 Å². The van der Waals surface area contributed by atoms with Gasteiger partial charge in [0.05, 0.1) is 11.2 Å². The molecule has 0 bridgehead atoms. The summed E-state index contributed by atoms with van der Waals surface area (Å²) in [5.41, 5.74) is 1.84. The first-order chi connectivity index (χ1) is 9.68. The maximum Gasteiger partial charge on any atom is 0.495 e. The number of benzene rings is 1. The molecule has 1 aliphatic heterocycles. The predicted octanol–water partition coefficient (Wildman–Crippen LogP) is 2.04. The second-order valence-electron chi connectivity index (χ2n) is 6.52. The number of carbonyl (C=O) groups is 1. The molecule has 1 heterocycles. The molecule has 0 atom stereocenters. The van der Waals surface area contributed by atoms with E-state index in [1.165, 1.54) is 0 Å². The molecule has 1 aromatic rings. The molecular formula is C16H24BNO3. The fraction of sp³-hybridized carbons (Fsp3) is 0.562. The number of aryl methyl sites for hydroxylation is 1. The molecular weight excluding hydrogens is 265 g/mol. The van der Waals surface area contributed by atoms with Gasteiger partial charge in [-0.25, -0.2) is 0 Å². The van der Waals surface area contributed by atoms with Gasteiger partial charge < -0.3 is 14.6 Å². The van der Waals surface area contributed by atoms with Gasteiger partial charge in [-0.2, -0.15) is 0 Å². The van der Waals surface area contributed by atoms with Gasteiger partial charge in [0.1, 0.15) is 0 Å². The maximum atomic E-state index is 12.0. The van der Waals surface area contributed by atoms with Crippen LogP contribution in [0.4, 0.5) is 0 Å². The smallest absolute Gasteiger partial charge is 0.399 e. The van der Waals surface area contributed by atoms with Crippen LogP contribution in [0.3, 0.4) is 0 Å². The minimum atomic E-state index is -0.440. The fourth-order valence-electron chi connectivity index (χ4n) is 2.27. The van der Waals surface area contributed by atoms with Crippen LogP contribution in [0.5, 0.6) is 0 Å². The average molecular weight is 289 g/mol. The van der Waals surface area contributed by atoms with Crippen LogP contribution in [0.15, 0.2) is 18.2 Å². The van der Waals surface area contributed by atoms with Crippen molar-refractivity contribution in [2.45, 2.75) is 52.7 Å². The monoisotopic (exact) mass is 289 g/mol. The van der Waals surface area contributed by atoms with Gasteiger partial charge in [-0.1, -0.05) is 11.6 Å². The van der Waals surface area contributed by atoms with E-state index in [2.05, 4.69) is 5.32 Å². The summed E-state index contributed by atoms with van der Waals surface area (Å²) < 4.78 is 12.1. The molecule has 0 saturated carbocycles. The van der Waals surface area contributed by atoms with Gasteiger partial charge in [0.15, 0.2) is 0 Å². The van der Waals surface area contributed by atoms with E-state index in [4.69, 9.17) is 9.31 Å². The second-order valence-corrected chi connectivity index (χ2v) is 6.52. The van der Waals surface area contributed by atoms with Crippen molar-refractivity contribution in [3.63, 3.8) is 0 Å². The molecule has 1 N–H and O–H groups in total. The first kappa shape index (κ1) is 16.1. The number of carbonyl (C=O) groups excluding carboxylic acids is 1. The van der Waals surface area contributed by atoms with Gasteiger partial charge in [0.25, 0.3) is 5.91 Å². The Morgan fingerprint density at radius 3 is 2.29 bits per heavy atom. The second kappa shape index (κ2) is 5.46. The minimum Gasteiger partial charge on any atom is -0.399 e. The van der Waals surface area contributed by atoms with Crippen LogP contribution < -0.4 is 10.8 Å². The quantitative estimate of drug-likeness (QED) is 0.866. The lowest BCUT2D eigenvalue weighted by molar-refractivity contribution is 0.00578. The molecule has 0 unspecified atom stereocenters. The normalized spacial score (nSPS) is 19.6. The van der Waals surface area contributed by atoms with Crippen molar-refractivity contribution in [2.24, 2.45) is 0 Å². The molecule has 1 aromatic carbocycles. The fourth-order valence-corrected chi connectivity index (χ4v) is 2.27. The summed E-state index contributed by atoms with van der Waals surface area (Å²) in [4.78, 5) is 12.0. The standard InChI is InChI=1S/C16H24BNO3/c1-7-18-14(19)12-9-8-11(2)13(10-12)17-20-15(3,4)16(5,6)21-17/h8-10H,7H2,1-6H3,(H,18,19). The van der Waals surface area contributed by atoms with E-state index in [-0.39, 0.29) is 17.1 Å². The maximum absolute atomic E-state index is 12.0. The van der Waals surface area contributed by atoms with E-state index < -0.39 is 7.12 Å². The van der Waals surface area contributed by atoms with Gasteiger partial charge in [-0.3, -0.25) is 4.79 Å². The van der Waals surface area contributed by atoms with Gasteiger partial charge in [-0.15, -0.1) is 0 Å². The Morgan fingerprint density at radius 1 is 1.19 bits per heavy atom. The van der Waals surface area contributed by atoms with Crippen molar-refractivity contribution < 1.29 is 14.1 Å². The summed E-state index contributed by atoms with van der Waals surface area (Å²) in [7, 11) is -0.440. The number of hydrogen-bond acceptors (Lipinski definition) is 3. The van der Waals surface area contributed by atoms with Crippen molar-refractivity contribution in [3.05, 3.63) is 29.3 Å². The Balaban J connectivity index is 2.33. The third kappa shape index (κ3) is 2.99. The number of amides is 1. The first-order valence-corrected chi connectivity index (χ1v) is 7.42. The summed E-state index contributed by atoms with van der Waals surface area (Å²) >= 11 is 0. The van der Waals surface area contributed by atoms with Crippen LogP contribution in [-0.4, -0.2) is 30.8 Å². The zero-order chi connectivity index (χ0) is 15.8. The van der Waals surface area contributed by atoms with Crippen molar-refractivity contribution >= 4 is 18.5 Å². The molecule has 0 radical (unpaired) electrons. The molecule has 2 rings (SSSR count). The third-order valence-electron chi connectivity index (χ3n) is 4.39. The lowest BCUT2D eigenvalue weighted by Crippen LogP contribution is -2.41. The number of rotatable bonds is 3. The zero-order valence-electron chi connectivity index (χ0n) is 13.7. The van der Waals surface area contributed by atoms with E-state index in [1.807, 2.05) is 59.7 Å². The third-order valence-corrected chi connectivity index (χ3v) is 4.39. The molecule has 21 heavy (non-hydrogen) atoms. The highest BCUT2D eigenvalue weighted by Gasteiger charge is 2.52. The largest absolute Gasteiger partial charge is 0.495 e.